The maximum Gasteiger partial charge on any atom is 0.234 e. The van der Waals surface area contributed by atoms with Crippen molar-refractivity contribution in [3.8, 4) is 0 Å². The molecule has 1 aromatic carbocycles. The Morgan fingerprint density at radius 2 is 2.29 bits per heavy atom. The fourth-order valence-electron chi connectivity index (χ4n) is 3.54. The van der Waals surface area contributed by atoms with E-state index in [1.54, 1.807) is 11.8 Å². The van der Waals surface area contributed by atoms with Crippen LogP contribution >= 0.6 is 11.8 Å². The van der Waals surface area contributed by atoms with Gasteiger partial charge in [-0.25, -0.2) is 0 Å². The first-order valence-electron chi connectivity index (χ1n) is 8.61. The third kappa shape index (κ3) is 2.83. The number of nitrogens with zero attached hydrogens (tertiary/aromatic N) is 3. The maximum atomic E-state index is 12.7. The van der Waals surface area contributed by atoms with Crippen LogP contribution in [0.5, 0.6) is 0 Å². The first-order chi connectivity index (χ1) is 11.6. The van der Waals surface area contributed by atoms with Crippen LogP contribution in [-0.2, 0) is 30.6 Å². The summed E-state index contributed by atoms with van der Waals surface area (Å²) in [6.45, 7) is 4.98. The molecule has 6 heteroatoms. The summed E-state index contributed by atoms with van der Waals surface area (Å²) in [7, 11) is 0. The molecule has 0 fully saturated rings. The number of rotatable bonds is 3. The van der Waals surface area contributed by atoms with Crippen LogP contribution in [0.1, 0.15) is 36.1 Å². The molecule has 1 aromatic heterocycles. The van der Waals surface area contributed by atoms with Gasteiger partial charge in [-0.15, -0.1) is 22.0 Å². The molecule has 24 heavy (non-hydrogen) atoms. The van der Waals surface area contributed by atoms with E-state index in [9.17, 15) is 4.79 Å². The van der Waals surface area contributed by atoms with Gasteiger partial charge in [0.2, 0.25) is 5.91 Å². The van der Waals surface area contributed by atoms with E-state index in [0.717, 1.165) is 43.9 Å². The molecular formula is C18H22N4OS. The Labute approximate surface area is 146 Å². The molecule has 4 rings (SSSR count). The number of aryl methyl sites for hydroxylation is 3. The summed E-state index contributed by atoms with van der Waals surface area (Å²) in [6.07, 6.45) is 3.53. The zero-order chi connectivity index (χ0) is 16.7. The SMILES string of the molecule is CCc1nnc2n1C[C@H](NC(=O)[C@H]1Cc3ccc(C)cc3S1)CC2. The fourth-order valence-corrected chi connectivity index (χ4v) is 4.84. The van der Waals surface area contributed by atoms with Gasteiger partial charge in [-0.1, -0.05) is 24.6 Å². The van der Waals surface area contributed by atoms with E-state index in [-0.39, 0.29) is 17.2 Å². The van der Waals surface area contributed by atoms with Gasteiger partial charge in [0.15, 0.2) is 0 Å². The molecule has 2 aromatic rings. The molecule has 0 unspecified atom stereocenters. The number of nitrogens with one attached hydrogen (secondary N) is 1. The summed E-state index contributed by atoms with van der Waals surface area (Å²) in [6, 6.07) is 6.64. The van der Waals surface area contributed by atoms with E-state index in [1.807, 2.05) is 0 Å². The average Bonchev–Trinajstić information content (AvgIpc) is 3.17. The average molecular weight is 342 g/mol. The van der Waals surface area contributed by atoms with Crippen molar-refractivity contribution < 1.29 is 4.79 Å². The second-order valence-electron chi connectivity index (χ2n) is 6.66. The lowest BCUT2D eigenvalue weighted by Gasteiger charge is -2.26. The van der Waals surface area contributed by atoms with E-state index < -0.39 is 0 Å². The second kappa shape index (κ2) is 6.24. The topological polar surface area (TPSA) is 59.8 Å². The van der Waals surface area contributed by atoms with E-state index >= 15 is 0 Å². The van der Waals surface area contributed by atoms with Crippen LogP contribution in [0.2, 0.25) is 0 Å². The predicted molar refractivity (Wildman–Crippen MR) is 94.2 cm³/mol. The van der Waals surface area contributed by atoms with Gasteiger partial charge in [0.25, 0.3) is 0 Å². The Morgan fingerprint density at radius 3 is 3.12 bits per heavy atom. The van der Waals surface area contributed by atoms with Gasteiger partial charge in [0.05, 0.1) is 5.25 Å². The van der Waals surface area contributed by atoms with Crippen molar-refractivity contribution >= 4 is 17.7 Å². The van der Waals surface area contributed by atoms with Crippen LogP contribution in [0, 0.1) is 6.92 Å². The van der Waals surface area contributed by atoms with Gasteiger partial charge in [-0.3, -0.25) is 4.79 Å². The molecular weight excluding hydrogens is 320 g/mol. The Hall–Kier alpha value is -1.82. The number of fused-ring (bicyclic) bond motifs is 2. The smallest absolute Gasteiger partial charge is 0.234 e. The van der Waals surface area contributed by atoms with Crippen LogP contribution in [0.3, 0.4) is 0 Å². The van der Waals surface area contributed by atoms with Crippen molar-refractivity contribution in [2.75, 3.05) is 0 Å². The highest BCUT2D eigenvalue weighted by Crippen LogP contribution is 2.37. The summed E-state index contributed by atoms with van der Waals surface area (Å²) < 4.78 is 2.17. The molecule has 0 spiro atoms. The van der Waals surface area contributed by atoms with Crippen molar-refractivity contribution in [1.82, 2.24) is 20.1 Å². The first kappa shape index (κ1) is 15.7. The summed E-state index contributed by atoms with van der Waals surface area (Å²) in [5.41, 5.74) is 2.55. The van der Waals surface area contributed by atoms with Crippen molar-refractivity contribution in [2.45, 2.75) is 62.3 Å². The van der Waals surface area contributed by atoms with Crippen LogP contribution in [0.4, 0.5) is 0 Å². The number of benzene rings is 1. The maximum absolute atomic E-state index is 12.7. The van der Waals surface area contributed by atoms with Crippen LogP contribution in [-0.4, -0.2) is 32.0 Å². The van der Waals surface area contributed by atoms with E-state index in [2.05, 4.69) is 52.1 Å². The van der Waals surface area contributed by atoms with Gasteiger partial charge in [-0.05, 0) is 31.4 Å². The number of hydrogen-bond acceptors (Lipinski definition) is 4. The molecule has 0 bridgehead atoms. The minimum atomic E-state index is -0.00486. The molecule has 2 aliphatic heterocycles. The van der Waals surface area contributed by atoms with Crippen molar-refractivity contribution in [2.24, 2.45) is 0 Å². The van der Waals surface area contributed by atoms with Crippen LogP contribution < -0.4 is 5.32 Å². The quantitative estimate of drug-likeness (QED) is 0.930. The minimum Gasteiger partial charge on any atom is -0.351 e. The molecule has 2 aliphatic rings. The highest BCUT2D eigenvalue weighted by molar-refractivity contribution is 8.01. The number of hydrogen-bond donors (Lipinski definition) is 1. The van der Waals surface area contributed by atoms with E-state index in [1.165, 1.54) is 16.0 Å². The predicted octanol–water partition coefficient (Wildman–Crippen LogP) is 2.30. The lowest BCUT2D eigenvalue weighted by Crippen LogP contribution is -2.44. The zero-order valence-electron chi connectivity index (χ0n) is 14.1. The van der Waals surface area contributed by atoms with Gasteiger partial charge in [-0.2, -0.15) is 0 Å². The Bertz CT molecular complexity index is 772. The molecule has 3 heterocycles. The molecule has 0 saturated heterocycles. The van der Waals surface area contributed by atoms with Crippen molar-refractivity contribution in [1.29, 1.82) is 0 Å². The Morgan fingerprint density at radius 1 is 1.42 bits per heavy atom. The molecule has 0 radical (unpaired) electrons. The molecule has 0 saturated carbocycles. The number of amides is 1. The number of aromatic nitrogens is 3. The highest BCUT2D eigenvalue weighted by atomic mass is 32.2. The molecule has 126 valence electrons. The fraction of sp³-hybridized carbons (Fsp3) is 0.500. The minimum absolute atomic E-state index is 0.00486. The largest absolute Gasteiger partial charge is 0.351 e. The van der Waals surface area contributed by atoms with Crippen LogP contribution in [0.15, 0.2) is 23.1 Å². The normalized spacial score (nSPS) is 22.1. The molecule has 0 aliphatic carbocycles. The van der Waals surface area contributed by atoms with Crippen molar-refractivity contribution in [3.63, 3.8) is 0 Å². The standard InChI is InChI=1S/C18H22N4OS/c1-3-16-20-21-17-7-6-13(10-22(16)17)19-18(23)15-9-12-5-4-11(2)8-14(12)24-15/h4-5,8,13,15H,3,6-7,9-10H2,1-2H3,(H,19,23)/t13-,15-/m1/s1. The lowest BCUT2D eigenvalue weighted by atomic mass is 10.1. The molecule has 1 N–H and O–H groups in total. The highest BCUT2D eigenvalue weighted by Gasteiger charge is 2.31. The van der Waals surface area contributed by atoms with Gasteiger partial charge in [0, 0.05) is 30.3 Å². The second-order valence-corrected chi connectivity index (χ2v) is 7.91. The summed E-state index contributed by atoms with van der Waals surface area (Å²) in [5, 5.41) is 11.7. The number of carbonyl (C=O) groups excluding carboxylic acids is 1. The molecule has 2 atom stereocenters. The third-order valence-corrected chi connectivity index (χ3v) is 6.17. The number of carbonyl (C=O) groups is 1. The summed E-state index contributed by atoms with van der Waals surface area (Å²) >= 11 is 1.70. The third-order valence-electron chi connectivity index (χ3n) is 4.88. The summed E-state index contributed by atoms with van der Waals surface area (Å²) in [5.74, 6) is 2.23. The van der Waals surface area contributed by atoms with Gasteiger partial charge in [0.1, 0.15) is 11.6 Å². The van der Waals surface area contributed by atoms with E-state index in [0.29, 0.717) is 0 Å². The summed E-state index contributed by atoms with van der Waals surface area (Å²) in [4.78, 5) is 14.0. The van der Waals surface area contributed by atoms with Gasteiger partial charge < -0.3 is 9.88 Å². The number of thioether (sulfide) groups is 1. The van der Waals surface area contributed by atoms with Crippen LogP contribution in [0.25, 0.3) is 0 Å². The van der Waals surface area contributed by atoms with Gasteiger partial charge >= 0.3 is 0 Å². The lowest BCUT2D eigenvalue weighted by molar-refractivity contribution is -0.121. The molecule has 5 nitrogen and oxygen atoms in total. The zero-order valence-corrected chi connectivity index (χ0v) is 14.9. The first-order valence-corrected chi connectivity index (χ1v) is 9.49. The van der Waals surface area contributed by atoms with E-state index in [4.69, 9.17) is 0 Å². The Balaban J connectivity index is 1.41. The monoisotopic (exact) mass is 342 g/mol. The van der Waals surface area contributed by atoms with Crippen molar-refractivity contribution in [3.05, 3.63) is 41.0 Å². The Kier molecular flexibility index (Phi) is 4.08. The molecule has 1 amide bonds.